The molecule has 1 aliphatic heterocycles. The summed E-state index contributed by atoms with van der Waals surface area (Å²) in [5.74, 6) is 2.65. The molecule has 36 heavy (non-hydrogen) atoms. The van der Waals surface area contributed by atoms with Gasteiger partial charge in [0.05, 0.1) is 0 Å². The van der Waals surface area contributed by atoms with Crippen molar-refractivity contribution in [2.24, 2.45) is 0 Å². The van der Waals surface area contributed by atoms with E-state index < -0.39 is 0 Å². The number of hydrogen-bond donors (Lipinski definition) is 2. The van der Waals surface area contributed by atoms with Crippen molar-refractivity contribution < 1.29 is 4.79 Å². The molecule has 0 bridgehead atoms. The van der Waals surface area contributed by atoms with Gasteiger partial charge in [-0.05, 0) is 30.3 Å². The maximum Gasteiger partial charge on any atom is 0.255 e. The number of anilines is 5. The van der Waals surface area contributed by atoms with Crippen molar-refractivity contribution in [3.63, 3.8) is 0 Å². The van der Waals surface area contributed by atoms with Crippen LogP contribution >= 0.6 is 0 Å². The molecule has 0 aliphatic carbocycles. The van der Waals surface area contributed by atoms with Crippen LogP contribution in [0.25, 0.3) is 0 Å². The second-order valence-electron chi connectivity index (χ2n) is 8.13. The van der Waals surface area contributed by atoms with Crippen molar-refractivity contribution in [2.45, 2.75) is 13.3 Å². The van der Waals surface area contributed by atoms with Gasteiger partial charge in [0.15, 0.2) is 0 Å². The molecular formula is C25H26N10O. The lowest BCUT2D eigenvalue weighted by molar-refractivity contribution is 0.102. The quantitative estimate of drug-likeness (QED) is 0.406. The molecule has 11 heteroatoms. The van der Waals surface area contributed by atoms with E-state index >= 15 is 0 Å². The molecule has 0 spiro atoms. The smallest absolute Gasteiger partial charge is 0.255 e. The number of piperazine rings is 1. The number of nitrogens with zero attached hydrogens (tertiary/aromatic N) is 8. The van der Waals surface area contributed by atoms with Crippen LogP contribution in [0.15, 0.2) is 67.1 Å². The minimum atomic E-state index is -0.225. The molecule has 0 atom stereocenters. The van der Waals surface area contributed by atoms with Crippen LogP contribution in [0.3, 0.4) is 0 Å². The first-order valence-electron chi connectivity index (χ1n) is 11.8. The van der Waals surface area contributed by atoms with Gasteiger partial charge in [-0.15, -0.1) is 0 Å². The minimum Gasteiger partial charge on any atom is -0.337 e. The van der Waals surface area contributed by atoms with E-state index in [1.165, 1.54) is 0 Å². The van der Waals surface area contributed by atoms with Crippen molar-refractivity contribution in [1.82, 2.24) is 29.9 Å². The predicted molar refractivity (Wildman–Crippen MR) is 138 cm³/mol. The van der Waals surface area contributed by atoms with Crippen molar-refractivity contribution in [3.05, 3.63) is 78.5 Å². The molecule has 1 aromatic carbocycles. The molecule has 1 fully saturated rings. The van der Waals surface area contributed by atoms with Gasteiger partial charge in [-0.1, -0.05) is 25.1 Å². The first kappa shape index (κ1) is 23.1. The van der Waals surface area contributed by atoms with E-state index in [1.807, 2.05) is 43.3 Å². The second-order valence-corrected chi connectivity index (χ2v) is 8.13. The summed E-state index contributed by atoms with van der Waals surface area (Å²) in [5.41, 5.74) is 1.20. The maximum atomic E-state index is 12.7. The minimum absolute atomic E-state index is 0.225. The topological polar surface area (TPSA) is 125 Å². The zero-order valence-corrected chi connectivity index (χ0v) is 19.9. The van der Waals surface area contributed by atoms with Gasteiger partial charge in [0, 0.05) is 62.4 Å². The molecule has 2 N–H and O–H groups in total. The highest BCUT2D eigenvalue weighted by atomic mass is 16.1. The summed E-state index contributed by atoms with van der Waals surface area (Å²) in [6, 6.07) is 14.5. The highest BCUT2D eigenvalue weighted by Gasteiger charge is 2.22. The number of rotatable bonds is 7. The summed E-state index contributed by atoms with van der Waals surface area (Å²) in [6.45, 7) is 5.00. The fourth-order valence-electron chi connectivity index (χ4n) is 3.80. The summed E-state index contributed by atoms with van der Waals surface area (Å²) < 4.78 is 0. The molecule has 1 saturated heterocycles. The number of aryl methyl sites for hydroxylation is 1. The van der Waals surface area contributed by atoms with Crippen LogP contribution in [-0.4, -0.2) is 62.0 Å². The Morgan fingerprint density at radius 1 is 0.833 bits per heavy atom. The van der Waals surface area contributed by atoms with E-state index in [9.17, 15) is 4.79 Å². The summed E-state index contributed by atoms with van der Waals surface area (Å²) >= 11 is 0. The molecule has 3 aromatic heterocycles. The number of carbonyl (C=O) groups excluding carboxylic acids is 1. The van der Waals surface area contributed by atoms with Gasteiger partial charge in [0.25, 0.3) is 5.91 Å². The Balaban J connectivity index is 1.29. The van der Waals surface area contributed by atoms with Gasteiger partial charge < -0.3 is 20.4 Å². The highest BCUT2D eigenvalue weighted by molar-refractivity contribution is 6.04. The Hall–Kier alpha value is -4.67. The van der Waals surface area contributed by atoms with Crippen LogP contribution in [0.1, 0.15) is 23.1 Å². The van der Waals surface area contributed by atoms with E-state index in [2.05, 4.69) is 50.3 Å². The van der Waals surface area contributed by atoms with E-state index in [1.54, 1.807) is 30.7 Å². The van der Waals surface area contributed by atoms with E-state index in [0.717, 1.165) is 37.8 Å². The zero-order valence-electron chi connectivity index (χ0n) is 19.9. The van der Waals surface area contributed by atoms with Crippen LogP contribution in [0, 0.1) is 0 Å². The summed E-state index contributed by atoms with van der Waals surface area (Å²) in [6.07, 6.45) is 5.74. The fourth-order valence-corrected chi connectivity index (χ4v) is 3.80. The summed E-state index contributed by atoms with van der Waals surface area (Å²) in [5, 5.41) is 6.02. The number of benzene rings is 1. The molecule has 5 rings (SSSR count). The van der Waals surface area contributed by atoms with E-state index in [0.29, 0.717) is 35.5 Å². The lowest BCUT2D eigenvalue weighted by Crippen LogP contribution is -2.47. The Morgan fingerprint density at radius 2 is 1.56 bits per heavy atom. The molecule has 0 saturated carbocycles. The Bertz CT molecular complexity index is 1310. The Labute approximate surface area is 208 Å². The number of amides is 1. The first-order valence-corrected chi connectivity index (χ1v) is 11.8. The molecule has 1 aliphatic rings. The van der Waals surface area contributed by atoms with Crippen LogP contribution in [-0.2, 0) is 6.42 Å². The van der Waals surface area contributed by atoms with Crippen molar-refractivity contribution in [2.75, 3.05) is 46.6 Å². The average molecular weight is 483 g/mol. The molecule has 0 radical (unpaired) electrons. The first-order chi connectivity index (χ1) is 17.7. The third kappa shape index (κ3) is 5.52. The van der Waals surface area contributed by atoms with Crippen LogP contribution in [0.5, 0.6) is 0 Å². The van der Waals surface area contributed by atoms with Gasteiger partial charge in [-0.3, -0.25) is 4.79 Å². The van der Waals surface area contributed by atoms with Gasteiger partial charge in [0.1, 0.15) is 11.6 Å². The lowest BCUT2D eigenvalue weighted by atomic mass is 10.2. The monoisotopic (exact) mass is 482 g/mol. The number of para-hydroxylation sites is 1. The second kappa shape index (κ2) is 10.7. The standard InChI is InChI=1S/C25H26N10O/c1-2-20-30-23(31-21-17-18(9-12-26-21)22(36)29-19-7-4-3-5-8-19)33-25(32-20)35-15-13-34(14-16-35)24-27-10-6-11-28-24/h3-12,17H,2,13-16H2,1H3,(H,29,36)(H,26,30,31,32,33). The van der Waals surface area contributed by atoms with Crippen LogP contribution in [0.2, 0.25) is 0 Å². The molecule has 11 nitrogen and oxygen atoms in total. The molecule has 4 heterocycles. The Kier molecular flexibility index (Phi) is 6.88. The molecule has 0 unspecified atom stereocenters. The van der Waals surface area contributed by atoms with Crippen molar-refractivity contribution in [3.8, 4) is 0 Å². The number of nitrogens with one attached hydrogen (secondary N) is 2. The largest absolute Gasteiger partial charge is 0.337 e. The molecular weight excluding hydrogens is 456 g/mol. The number of aromatic nitrogens is 6. The lowest BCUT2D eigenvalue weighted by Gasteiger charge is -2.34. The molecule has 4 aromatic rings. The van der Waals surface area contributed by atoms with Crippen molar-refractivity contribution >= 4 is 35.3 Å². The molecule has 182 valence electrons. The van der Waals surface area contributed by atoms with Gasteiger partial charge in [-0.25, -0.2) is 15.0 Å². The van der Waals surface area contributed by atoms with E-state index in [-0.39, 0.29) is 5.91 Å². The number of pyridine rings is 1. The predicted octanol–water partition coefficient (Wildman–Crippen LogP) is 2.94. The number of carbonyl (C=O) groups is 1. The average Bonchev–Trinajstić information content (AvgIpc) is 2.94. The molecule has 1 amide bonds. The third-order valence-corrected chi connectivity index (χ3v) is 5.68. The number of hydrogen-bond acceptors (Lipinski definition) is 10. The maximum absolute atomic E-state index is 12.7. The van der Waals surface area contributed by atoms with E-state index in [4.69, 9.17) is 0 Å². The van der Waals surface area contributed by atoms with Crippen molar-refractivity contribution in [1.29, 1.82) is 0 Å². The SMILES string of the molecule is CCc1nc(Nc2cc(C(=O)Nc3ccccc3)ccn2)nc(N2CCN(c3ncccn3)CC2)n1. The fraction of sp³-hybridized carbons (Fsp3) is 0.240. The van der Waals surface area contributed by atoms with Crippen LogP contribution in [0.4, 0.5) is 29.4 Å². The summed E-state index contributed by atoms with van der Waals surface area (Å²) in [4.78, 5) is 43.8. The Morgan fingerprint density at radius 3 is 2.28 bits per heavy atom. The highest BCUT2D eigenvalue weighted by Crippen LogP contribution is 2.19. The normalized spacial score (nSPS) is 13.4. The summed E-state index contributed by atoms with van der Waals surface area (Å²) in [7, 11) is 0. The van der Waals surface area contributed by atoms with Gasteiger partial charge in [-0.2, -0.15) is 15.0 Å². The van der Waals surface area contributed by atoms with Gasteiger partial charge >= 0.3 is 0 Å². The third-order valence-electron chi connectivity index (χ3n) is 5.68. The zero-order chi connectivity index (χ0) is 24.7. The van der Waals surface area contributed by atoms with Gasteiger partial charge in [0.2, 0.25) is 17.8 Å². The van der Waals surface area contributed by atoms with Crippen LogP contribution < -0.4 is 20.4 Å².